The van der Waals surface area contributed by atoms with Crippen LogP contribution in [0.15, 0.2) is 42.5 Å². The van der Waals surface area contributed by atoms with Crippen LogP contribution in [0.5, 0.6) is 0 Å². The molecule has 168 valence electrons. The highest BCUT2D eigenvalue weighted by Crippen LogP contribution is 2.28. The van der Waals surface area contributed by atoms with Gasteiger partial charge in [0.25, 0.3) is 5.91 Å². The standard InChI is InChI=1S/C22H18Cl3FN2O4/c23-11-10-18(21(31)13-4-7-15(26)8-5-13)27(28-19(29)2-1-3-20(28)30)22(32)16-9-6-14(24)12-17(16)25/h4-9,12,18H,1-3,10-11H2/t18-/m0/s1. The van der Waals surface area contributed by atoms with Crippen LogP contribution in [0.4, 0.5) is 4.39 Å². The summed E-state index contributed by atoms with van der Waals surface area (Å²) in [5.74, 6) is -3.27. The average molecular weight is 500 g/mol. The Balaban J connectivity index is 2.12. The maximum Gasteiger partial charge on any atom is 0.275 e. The number of rotatable bonds is 7. The number of hydrogen-bond donors (Lipinski definition) is 0. The van der Waals surface area contributed by atoms with E-state index >= 15 is 0 Å². The number of nitrogens with zero attached hydrogens (tertiary/aromatic N) is 2. The zero-order valence-corrected chi connectivity index (χ0v) is 19.0. The van der Waals surface area contributed by atoms with Crippen LogP contribution >= 0.6 is 34.8 Å². The van der Waals surface area contributed by atoms with E-state index < -0.39 is 35.4 Å². The molecule has 2 aromatic carbocycles. The van der Waals surface area contributed by atoms with E-state index in [1.165, 1.54) is 30.3 Å². The van der Waals surface area contributed by atoms with Crippen molar-refractivity contribution in [2.75, 3.05) is 5.88 Å². The van der Waals surface area contributed by atoms with Crippen molar-refractivity contribution < 1.29 is 23.6 Å². The second kappa shape index (κ2) is 10.4. The topological polar surface area (TPSA) is 74.8 Å². The summed E-state index contributed by atoms with van der Waals surface area (Å²) >= 11 is 18.1. The van der Waals surface area contributed by atoms with E-state index in [1.807, 2.05) is 0 Å². The van der Waals surface area contributed by atoms with Crippen molar-refractivity contribution >= 4 is 58.3 Å². The highest BCUT2D eigenvalue weighted by Gasteiger charge is 2.42. The third-order valence-electron chi connectivity index (χ3n) is 4.95. The van der Waals surface area contributed by atoms with Gasteiger partial charge in [0.1, 0.15) is 11.9 Å². The first-order valence-electron chi connectivity index (χ1n) is 9.74. The molecular formula is C22H18Cl3FN2O4. The van der Waals surface area contributed by atoms with Crippen LogP contribution in [0.1, 0.15) is 46.4 Å². The average Bonchev–Trinajstić information content (AvgIpc) is 2.75. The first-order valence-corrected chi connectivity index (χ1v) is 11.0. The Bertz CT molecular complexity index is 1050. The van der Waals surface area contributed by atoms with Gasteiger partial charge < -0.3 is 0 Å². The number of ketones is 1. The number of halogens is 4. The lowest BCUT2D eigenvalue weighted by molar-refractivity contribution is -0.165. The molecule has 1 heterocycles. The monoisotopic (exact) mass is 498 g/mol. The Hall–Kier alpha value is -2.48. The molecule has 0 bridgehead atoms. The zero-order chi connectivity index (χ0) is 23.4. The fraction of sp³-hybridized carbons (Fsp3) is 0.273. The minimum absolute atomic E-state index is 0.0109. The van der Waals surface area contributed by atoms with Gasteiger partial charge in [-0.3, -0.25) is 19.2 Å². The Morgan fingerprint density at radius 1 is 1.03 bits per heavy atom. The SMILES string of the molecule is O=C(c1ccc(F)cc1)[C@H](CCCl)N(C(=O)c1ccc(Cl)cc1Cl)N1C(=O)CCCC1=O. The van der Waals surface area contributed by atoms with E-state index in [4.69, 9.17) is 34.8 Å². The fourth-order valence-electron chi connectivity index (χ4n) is 3.41. The first-order chi connectivity index (χ1) is 15.2. The van der Waals surface area contributed by atoms with Crippen LogP contribution in [0, 0.1) is 5.82 Å². The molecule has 1 atom stereocenters. The van der Waals surface area contributed by atoms with Crippen molar-refractivity contribution in [3.8, 4) is 0 Å². The van der Waals surface area contributed by atoms with Gasteiger partial charge >= 0.3 is 0 Å². The van der Waals surface area contributed by atoms with Crippen molar-refractivity contribution in [2.45, 2.75) is 31.7 Å². The van der Waals surface area contributed by atoms with Crippen molar-refractivity contribution in [1.29, 1.82) is 0 Å². The molecule has 1 aliphatic rings. The lowest BCUT2D eigenvalue weighted by atomic mass is 10.00. The summed E-state index contributed by atoms with van der Waals surface area (Å²) in [6, 6.07) is 7.54. The molecule has 0 N–H and O–H groups in total. The molecule has 1 fully saturated rings. The van der Waals surface area contributed by atoms with Crippen LogP contribution in [0.3, 0.4) is 0 Å². The number of piperidine rings is 1. The molecule has 6 nitrogen and oxygen atoms in total. The van der Waals surface area contributed by atoms with Gasteiger partial charge in [-0.25, -0.2) is 9.40 Å². The molecule has 0 aliphatic carbocycles. The minimum atomic E-state index is -1.30. The molecule has 3 rings (SSSR count). The summed E-state index contributed by atoms with van der Waals surface area (Å²) in [6.07, 6.45) is 0.333. The zero-order valence-electron chi connectivity index (χ0n) is 16.7. The molecule has 0 saturated carbocycles. The highest BCUT2D eigenvalue weighted by atomic mass is 35.5. The number of amides is 3. The third-order valence-corrected chi connectivity index (χ3v) is 5.71. The summed E-state index contributed by atoms with van der Waals surface area (Å²) in [6.45, 7) is 0. The van der Waals surface area contributed by atoms with Gasteiger partial charge in [0, 0.05) is 29.3 Å². The van der Waals surface area contributed by atoms with Crippen LogP contribution in [0.2, 0.25) is 10.0 Å². The van der Waals surface area contributed by atoms with Crippen LogP contribution in [-0.4, -0.2) is 45.4 Å². The van der Waals surface area contributed by atoms with Gasteiger partial charge in [-0.15, -0.1) is 11.6 Å². The number of imide groups is 1. The molecule has 3 amide bonds. The number of alkyl halides is 1. The molecule has 1 saturated heterocycles. The van der Waals surface area contributed by atoms with E-state index in [0.717, 1.165) is 17.1 Å². The van der Waals surface area contributed by atoms with E-state index in [-0.39, 0.29) is 46.3 Å². The normalized spacial score (nSPS) is 14.9. The van der Waals surface area contributed by atoms with Gasteiger partial charge in [-0.1, -0.05) is 23.2 Å². The van der Waals surface area contributed by atoms with Crippen LogP contribution < -0.4 is 0 Å². The predicted molar refractivity (Wildman–Crippen MR) is 118 cm³/mol. The van der Waals surface area contributed by atoms with E-state index in [2.05, 4.69) is 0 Å². The molecule has 10 heteroatoms. The molecule has 0 aromatic heterocycles. The number of carbonyl (C=O) groups is 4. The summed E-state index contributed by atoms with van der Waals surface area (Å²) in [5.41, 5.74) is 0.0483. The number of Topliss-reactive ketones (excluding diaryl/α,β-unsaturated/α-hetero) is 1. The van der Waals surface area contributed by atoms with Gasteiger partial charge in [0.05, 0.1) is 10.6 Å². The number of benzene rings is 2. The molecule has 1 aliphatic heterocycles. The maximum atomic E-state index is 13.6. The fourth-order valence-corrected chi connectivity index (χ4v) is 4.11. The molecule has 0 unspecified atom stereocenters. The van der Waals surface area contributed by atoms with Gasteiger partial charge in [-0.05, 0) is 55.3 Å². The van der Waals surface area contributed by atoms with Crippen molar-refractivity contribution in [1.82, 2.24) is 10.0 Å². The molecular weight excluding hydrogens is 482 g/mol. The third kappa shape index (κ3) is 5.11. The van der Waals surface area contributed by atoms with E-state index in [0.29, 0.717) is 11.4 Å². The second-order valence-corrected chi connectivity index (χ2v) is 8.31. The number of hydrogen-bond acceptors (Lipinski definition) is 4. The van der Waals surface area contributed by atoms with Gasteiger partial charge in [0.2, 0.25) is 11.8 Å². The van der Waals surface area contributed by atoms with Crippen molar-refractivity contribution in [3.63, 3.8) is 0 Å². The summed E-state index contributed by atoms with van der Waals surface area (Å²) in [4.78, 5) is 52.3. The Morgan fingerprint density at radius 3 is 2.22 bits per heavy atom. The summed E-state index contributed by atoms with van der Waals surface area (Å²) in [7, 11) is 0. The lowest BCUT2D eigenvalue weighted by Gasteiger charge is -2.39. The van der Waals surface area contributed by atoms with Gasteiger partial charge in [-0.2, -0.15) is 5.01 Å². The Kier molecular flexibility index (Phi) is 7.87. The summed E-state index contributed by atoms with van der Waals surface area (Å²) < 4.78 is 13.4. The lowest BCUT2D eigenvalue weighted by Crippen LogP contribution is -2.60. The molecule has 0 spiro atoms. The van der Waals surface area contributed by atoms with Crippen molar-refractivity contribution in [2.24, 2.45) is 0 Å². The maximum absolute atomic E-state index is 13.6. The second-order valence-electron chi connectivity index (χ2n) is 7.09. The quantitative estimate of drug-likeness (QED) is 0.308. The van der Waals surface area contributed by atoms with Crippen LogP contribution in [-0.2, 0) is 9.59 Å². The smallest absolute Gasteiger partial charge is 0.275 e. The molecule has 32 heavy (non-hydrogen) atoms. The van der Waals surface area contributed by atoms with E-state index in [9.17, 15) is 23.6 Å². The van der Waals surface area contributed by atoms with Crippen LogP contribution in [0.25, 0.3) is 0 Å². The van der Waals surface area contributed by atoms with Gasteiger partial charge in [0.15, 0.2) is 5.78 Å². The van der Waals surface area contributed by atoms with Crippen molar-refractivity contribution in [3.05, 3.63) is 69.5 Å². The Morgan fingerprint density at radius 2 is 1.66 bits per heavy atom. The molecule has 0 radical (unpaired) electrons. The number of hydrazine groups is 1. The summed E-state index contributed by atoms with van der Waals surface area (Å²) in [5, 5.41) is 1.80. The first kappa shape index (κ1) is 24.2. The predicted octanol–water partition coefficient (Wildman–Crippen LogP) is 4.91. The minimum Gasteiger partial charge on any atom is -0.292 e. The Labute approximate surface area is 198 Å². The van der Waals surface area contributed by atoms with E-state index in [1.54, 1.807) is 0 Å². The molecule has 2 aromatic rings. The highest BCUT2D eigenvalue weighted by molar-refractivity contribution is 6.36. The number of carbonyl (C=O) groups excluding carboxylic acids is 4. The largest absolute Gasteiger partial charge is 0.292 e.